The van der Waals surface area contributed by atoms with E-state index in [1.807, 2.05) is 55.1 Å². The summed E-state index contributed by atoms with van der Waals surface area (Å²) >= 11 is 0. The Kier molecular flexibility index (Phi) is 2.23. The van der Waals surface area contributed by atoms with Crippen molar-refractivity contribution in [1.82, 2.24) is 9.78 Å². The molecule has 3 nitrogen and oxygen atoms in total. The number of hydrogen-bond donors (Lipinski definition) is 1. The van der Waals surface area contributed by atoms with E-state index in [1.165, 1.54) is 0 Å². The molecule has 1 N–H and O–H groups in total. The first-order valence-electron chi connectivity index (χ1n) is 4.58. The van der Waals surface area contributed by atoms with Gasteiger partial charge in [0.05, 0.1) is 5.69 Å². The second-order valence-corrected chi connectivity index (χ2v) is 3.29. The van der Waals surface area contributed by atoms with E-state index in [-0.39, 0.29) is 0 Å². The third-order valence-electron chi connectivity index (χ3n) is 2.05. The molecule has 0 saturated heterocycles. The number of para-hydroxylation sites is 1. The van der Waals surface area contributed by atoms with Gasteiger partial charge in [0.25, 0.3) is 0 Å². The summed E-state index contributed by atoms with van der Waals surface area (Å²) in [7, 11) is 1.93. The van der Waals surface area contributed by atoms with Crippen LogP contribution in [-0.4, -0.2) is 9.78 Å². The van der Waals surface area contributed by atoms with Gasteiger partial charge in [0.15, 0.2) is 0 Å². The second kappa shape index (κ2) is 3.54. The lowest BCUT2D eigenvalue weighted by Crippen LogP contribution is -1.98. The van der Waals surface area contributed by atoms with Crippen LogP contribution in [0.2, 0.25) is 0 Å². The SMILES string of the molecule is Cc1cc(Nc2ccccc2)n(C)n1. The fourth-order valence-corrected chi connectivity index (χ4v) is 1.40. The van der Waals surface area contributed by atoms with Gasteiger partial charge in [-0.25, -0.2) is 0 Å². The molecule has 1 heterocycles. The zero-order valence-electron chi connectivity index (χ0n) is 8.36. The molecule has 0 spiro atoms. The summed E-state index contributed by atoms with van der Waals surface area (Å²) in [6.45, 7) is 1.98. The topological polar surface area (TPSA) is 29.9 Å². The quantitative estimate of drug-likeness (QED) is 0.782. The Morgan fingerprint density at radius 2 is 1.93 bits per heavy atom. The highest BCUT2D eigenvalue weighted by atomic mass is 15.3. The van der Waals surface area contributed by atoms with E-state index in [1.54, 1.807) is 0 Å². The molecule has 0 aliphatic rings. The van der Waals surface area contributed by atoms with Gasteiger partial charge in [-0.3, -0.25) is 4.68 Å². The molecule has 0 fully saturated rings. The molecule has 1 aromatic carbocycles. The Morgan fingerprint density at radius 3 is 2.50 bits per heavy atom. The fourth-order valence-electron chi connectivity index (χ4n) is 1.40. The van der Waals surface area contributed by atoms with E-state index in [0.717, 1.165) is 17.2 Å². The van der Waals surface area contributed by atoms with Crippen molar-refractivity contribution in [2.75, 3.05) is 5.32 Å². The van der Waals surface area contributed by atoms with Crippen LogP contribution in [0.3, 0.4) is 0 Å². The lowest BCUT2D eigenvalue weighted by atomic mass is 10.3. The smallest absolute Gasteiger partial charge is 0.128 e. The monoisotopic (exact) mass is 187 g/mol. The van der Waals surface area contributed by atoms with Crippen molar-refractivity contribution in [2.24, 2.45) is 7.05 Å². The van der Waals surface area contributed by atoms with E-state index in [2.05, 4.69) is 10.4 Å². The van der Waals surface area contributed by atoms with Crippen LogP contribution in [0, 0.1) is 6.92 Å². The average Bonchev–Trinajstić information content (AvgIpc) is 2.47. The molecule has 2 rings (SSSR count). The summed E-state index contributed by atoms with van der Waals surface area (Å²) in [6, 6.07) is 12.1. The first-order chi connectivity index (χ1) is 6.75. The van der Waals surface area contributed by atoms with E-state index in [4.69, 9.17) is 0 Å². The normalized spacial score (nSPS) is 10.1. The lowest BCUT2D eigenvalue weighted by Gasteiger charge is -2.04. The summed E-state index contributed by atoms with van der Waals surface area (Å²) in [4.78, 5) is 0. The van der Waals surface area contributed by atoms with E-state index >= 15 is 0 Å². The molecule has 3 heteroatoms. The lowest BCUT2D eigenvalue weighted by molar-refractivity contribution is 0.765. The van der Waals surface area contributed by atoms with Crippen molar-refractivity contribution in [3.8, 4) is 0 Å². The van der Waals surface area contributed by atoms with Gasteiger partial charge in [0, 0.05) is 18.8 Å². The zero-order chi connectivity index (χ0) is 9.97. The maximum atomic E-state index is 4.26. The molecule has 0 amide bonds. The Bertz CT molecular complexity index is 417. The molecule has 0 unspecified atom stereocenters. The van der Waals surface area contributed by atoms with E-state index < -0.39 is 0 Å². The van der Waals surface area contributed by atoms with Gasteiger partial charge in [-0.2, -0.15) is 5.10 Å². The predicted molar refractivity (Wildman–Crippen MR) is 57.7 cm³/mol. The highest BCUT2D eigenvalue weighted by Gasteiger charge is 2.00. The minimum atomic E-state index is 1.01. The Labute approximate surface area is 83.4 Å². The van der Waals surface area contributed by atoms with Crippen LogP contribution < -0.4 is 5.32 Å². The molecule has 2 aromatic rings. The van der Waals surface area contributed by atoms with Crippen molar-refractivity contribution in [3.05, 3.63) is 42.1 Å². The van der Waals surface area contributed by atoms with Crippen LogP contribution in [0.1, 0.15) is 5.69 Å². The third-order valence-corrected chi connectivity index (χ3v) is 2.05. The Morgan fingerprint density at radius 1 is 1.21 bits per heavy atom. The van der Waals surface area contributed by atoms with Crippen LogP contribution in [0.5, 0.6) is 0 Å². The summed E-state index contributed by atoms with van der Waals surface area (Å²) in [6.07, 6.45) is 0. The van der Waals surface area contributed by atoms with Gasteiger partial charge < -0.3 is 5.32 Å². The summed E-state index contributed by atoms with van der Waals surface area (Å²) in [5.74, 6) is 1.01. The third kappa shape index (κ3) is 1.76. The number of benzene rings is 1. The minimum absolute atomic E-state index is 1.01. The van der Waals surface area contributed by atoms with Gasteiger partial charge in [-0.15, -0.1) is 0 Å². The molecule has 0 radical (unpaired) electrons. The van der Waals surface area contributed by atoms with Gasteiger partial charge in [0.2, 0.25) is 0 Å². The number of aryl methyl sites for hydroxylation is 2. The minimum Gasteiger partial charge on any atom is -0.340 e. The van der Waals surface area contributed by atoms with Crippen LogP contribution in [-0.2, 0) is 7.05 Å². The van der Waals surface area contributed by atoms with E-state index in [9.17, 15) is 0 Å². The molecule has 72 valence electrons. The van der Waals surface area contributed by atoms with Crippen molar-refractivity contribution in [3.63, 3.8) is 0 Å². The van der Waals surface area contributed by atoms with Crippen LogP contribution in [0.4, 0.5) is 11.5 Å². The second-order valence-electron chi connectivity index (χ2n) is 3.29. The molecular formula is C11H13N3. The van der Waals surface area contributed by atoms with Gasteiger partial charge >= 0.3 is 0 Å². The molecule has 0 atom stereocenters. The van der Waals surface area contributed by atoms with Gasteiger partial charge in [-0.1, -0.05) is 18.2 Å². The summed E-state index contributed by atoms with van der Waals surface area (Å²) in [5.41, 5.74) is 2.10. The largest absolute Gasteiger partial charge is 0.340 e. The maximum Gasteiger partial charge on any atom is 0.128 e. The van der Waals surface area contributed by atoms with Crippen LogP contribution >= 0.6 is 0 Å². The zero-order valence-corrected chi connectivity index (χ0v) is 8.36. The Hall–Kier alpha value is -1.77. The standard InChI is InChI=1S/C11H13N3/c1-9-8-11(14(2)13-9)12-10-6-4-3-5-7-10/h3-8,12H,1-2H3. The predicted octanol–water partition coefficient (Wildman–Crippen LogP) is 2.47. The molecule has 0 aliphatic heterocycles. The molecular weight excluding hydrogens is 174 g/mol. The summed E-state index contributed by atoms with van der Waals surface area (Å²) in [5, 5.41) is 7.55. The molecule has 1 aromatic heterocycles. The van der Waals surface area contributed by atoms with E-state index in [0.29, 0.717) is 0 Å². The molecule has 14 heavy (non-hydrogen) atoms. The van der Waals surface area contributed by atoms with Crippen molar-refractivity contribution < 1.29 is 0 Å². The number of hydrogen-bond acceptors (Lipinski definition) is 2. The van der Waals surface area contributed by atoms with Crippen molar-refractivity contribution in [2.45, 2.75) is 6.92 Å². The van der Waals surface area contributed by atoms with Crippen LogP contribution in [0.15, 0.2) is 36.4 Å². The number of aromatic nitrogens is 2. The van der Waals surface area contributed by atoms with Gasteiger partial charge in [-0.05, 0) is 19.1 Å². The number of rotatable bonds is 2. The van der Waals surface area contributed by atoms with Gasteiger partial charge in [0.1, 0.15) is 5.82 Å². The highest BCUT2D eigenvalue weighted by molar-refractivity contribution is 5.56. The first-order valence-corrected chi connectivity index (χ1v) is 4.58. The highest BCUT2D eigenvalue weighted by Crippen LogP contribution is 2.15. The molecule has 0 aliphatic carbocycles. The number of anilines is 2. The Balaban J connectivity index is 2.23. The first kappa shape index (κ1) is 8.81. The number of nitrogens with one attached hydrogen (secondary N) is 1. The summed E-state index contributed by atoms with van der Waals surface area (Å²) < 4.78 is 1.84. The van der Waals surface area contributed by atoms with Crippen LogP contribution in [0.25, 0.3) is 0 Å². The average molecular weight is 187 g/mol. The molecule has 0 saturated carbocycles. The number of nitrogens with zero attached hydrogens (tertiary/aromatic N) is 2. The molecule has 0 bridgehead atoms. The van der Waals surface area contributed by atoms with Crippen molar-refractivity contribution >= 4 is 11.5 Å². The fraction of sp³-hybridized carbons (Fsp3) is 0.182. The maximum absolute atomic E-state index is 4.26. The van der Waals surface area contributed by atoms with Crippen molar-refractivity contribution in [1.29, 1.82) is 0 Å².